The van der Waals surface area contributed by atoms with E-state index in [9.17, 15) is 13.2 Å². The van der Waals surface area contributed by atoms with Crippen molar-refractivity contribution in [3.63, 3.8) is 0 Å². The topological polar surface area (TPSA) is 17.8 Å². The Morgan fingerprint density at radius 2 is 1.95 bits per heavy atom. The van der Waals surface area contributed by atoms with Crippen LogP contribution in [0.2, 0.25) is 0 Å². The van der Waals surface area contributed by atoms with Gasteiger partial charge < -0.3 is 0 Å². The van der Waals surface area contributed by atoms with Gasteiger partial charge in [-0.3, -0.25) is 4.57 Å². The zero-order valence-corrected chi connectivity index (χ0v) is 12.7. The summed E-state index contributed by atoms with van der Waals surface area (Å²) in [6.45, 7) is 4.18. The largest absolute Gasteiger partial charge is 0.389 e. The minimum Gasteiger partial charge on any atom is -0.295 e. The highest BCUT2D eigenvalue weighted by Crippen LogP contribution is 2.29. The van der Waals surface area contributed by atoms with Crippen molar-refractivity contribution in [2.24, 2.45) is 0 Å². The number of nitrogens with zero attached hydrogens (tertiary/aromatic N) is 2. The fraction of sp³-hybridized carbons (Fsp3) is 0.400. The van der Waals surface area contributed by atoms with Crippen molar-refractivity contribution in [2.75, 3.05) is 5.75 Å². The molecular weight excluding hydrogens is 297 g/mol. The lowest BCUT2D eigenvalue weighted by Gasteiger charge is -2.15. The van der Waals surface area contributed by atoms with E-state index in [4.69, 9.17) is 0 Å². The van der Waals surface area contributed by atoms with Gasteiger partial charge in [0.2, 0.25) is 0 Å². The zero-order valence-electron chi connectivity index (χ0n) is 11.9. The molecule has 0 bridgehead atoms. The molecule has 21 heavy (non-hydrogen) atoms. The van der Waals surface area contributed by atoms with Crippen LogP contribution in [0.5, 0.6) is 0 Å². The first kappa shape index (κ1) is 15.9. The van der Waals surface area contributed by atoms with Gasteiger partial charge in [0.25, 0.3) is 0 Å². The van der Waals surface area contributed by atoms with Gasteiger partial charge in [-0.05, 0) is 17.5 Å². The number of hydrogen-bond acceptors (Lipinski definition) is 2. The molecule has 0 aliphatic heterocycles. The molecule has 0 saturated heterocycles. The van der Waals surface area contributed by atoms with Crippen molar-refractivity contribution < 1.29 is 13.2 Å². The number of alkyl halides is 3. The Labute approximate surface area is 126 Å². The lowest BCUT2D eigenvalue weighted by Crippen LogP contribution is -2.08. The van der Waals surface area contributed by atoms with Crippen LogP contribution >= 0.6 is 11.8 Å². The molecule has 1 aromatic heterocycles. The summed E-state index contributed by atoms with van der Waals surface area (Å²) in [6.07, 6.45) is -1.53. The third kappa shape index (κ3) is 4.27. The van der Waals surface area contributed by atoms with E-state index >= 15 is 0 Å². The number of imidazole rings is 1. The Balaban J connectivity index is 2.21. The van der Waals surface area contributed by atoms with E-state index in [0.29, 0.717) is 11.1 Å². The van der Waals surface area contributed by atoms with Crippen molar-refractivity contribution >= 4 is 11.8 Å². The van der Waals surface area contributed by atoms with Gasteiger partial charge in [-0.25, -0.2) is 4.98 Å². The highest BCUT2D eigenvalue weighted by Gasteiger charge is 2.26. The second-order valence-electron chi connectivity index (χ2n) is 5.01. The van der Waals surface area contributed by atoms with E-state index in [-0.39, 0.29) is 5.75 Å². The zero-order chi connectivity index (χ0) is 15.5. The average molecular weight is 314 g/mol. The first-order valence-corrected chi connectivity index (χ1v) is 7.69. The van der Waals surface area contributed by atoms with Gasteiger partial charge >= 0.3 is 6.18 Å². The number of rotatable bonds is 5. The quantitative estimate of drug-likeness (QED) is 0.720. The minimum absolute atomic E-state index is 0.0235. The molecule has 0 saturated carbocycles. The maximum atomic E-state index is 12.2. The normalized spacial score (nSPS) is 12.1. The van der Waals surface area contributed by atoms with E-state index in [1.54, 1.807) is 12.4 Å². The van der Waals surface area contributed by atoms with Crippen molar-refractivity contribution in [1.29, 1.82) is 0 Å². The van der Waals surface area contributed by atoms with E-state index in [1.807, 2.05) is 28.8 Å². The second-order valence-corrected chi connectivity index (χ2v) is 6.07. The molecular formula is C15H17F3N2S. The summed E-state index contributed by atoms with van der Waals surface area (Å²) in [5.74, 6) is 0.307. The molecule has 0 unspecified atom stereocenters. The fourth-order valence-corrected chi connectivity index (χ4v) is 2.98. The molecule has 0 amide bonds. The van der Waals surface area contributed by atoms with E-state index < -0.39 is 12.6 Å². The number of hydrogen-bond donors (Lipinski definition) is 0. The molecule has 1 heterocycles. The summed E-state index contributed by atoms with van der Waals surface area (Å²) in [5.41, 5.74) is 2.12. The van der Waals surface area contributed by atoms with Gasteiger partial charge in [0.05, 0.1) is 12.1 Å². The number of benzene rings is 1. The molecule has 6 heteroatoms. The molecule has 0 radical (unpaired) electrons. The maximum absolute atomic E-state index is 12.2. The van der Waals surface area contributed by atoms with Crippen molar-refractivity contribution in [3.8, 4) is 5.69 Å². The standard InChI is InChI=1S/C15H17F3N2S/c1-11(2)12-5-3-4-6-13(12)20-9-8-19-14(20)21-10-7-15(16,17)18/h3-6,8-9,11H,7,10H2,1-2H3. The van der Waals surface area contributed by atoms with Crippen LogP contribution in [0.25, 0.3) is 5.69 Å². The lowest BCUT2D eigenvalue weighted by molar-refractivity contribution is -0.129. The first-order valence-electron chi connectivity index (χ1n) is 6.70. The molecule has 0 atom stereocenters. The van der Waals surface area contributed by atoms with Crippen LogP contribution in [0.1, 0.15) is 31.7 Å². The van der Waals surface area contributed by atoms with Gasteiger partial charge in [-0.15, -0.1) is 0 Å². The van der Waals surface area contributed by atoms with Crippen LogP contribution in [0.3, 0.4) is 0 Å². The van der Waals surface area contributed by atoms with E-state index in [2.05, 4.69) is 18.8 Å². The molecule has 0 aliphatic rings. The summed E-state index contributed by atoms with van der Waals surface area (Å²) in [4.78, 5) is 4.17. The third-order valence-corrected chi connectivity index (χ3v) is 4.01. The lowest BCUT2D eigenvalue weighted by atomic mass is 10.0. The maximum Gasteiger partial charge on any atom is 0.389 e. The highest BCUT2D eigenvalue weighted by atomic mass is 32.2. The Kier molecular flexibility index (Phi) is 4.98. The number of para-hydroxylation sites is 1. The van der Waals surface area contributed by atoms with E-state index in [1.165, 1.54) is 0 Å². The summed E-state index contributed by atoms with van der Waals surface area (Å²) >= 11 is 1.13. The van der Waals surface area contributed by atoms with Crippen LogP contribution in [0.4, 0.5) is 13.2 Å². The molecule has 0 N–H and O–H groups in total. The Morgan fingerprint density at radius 3 is 2.62 bits per heavy atom. The molecule has 0 spiro atoms. The first-order chi connectivity index (χ1) is 9.88. The Bertz CT molecular complexity index is 591. The fourth-order valence-electron chi connectivity index (χ4n) is 2.03. The number of halogens is 3. The number of thioether (sulfide) groups is 1. The monoisotopic (exact) mass is 314 g/mol. The molecule has 2 nitrogen and oxygen atoms in total. The van der Waals surface area contributed by atoms with Crippen molar-refractivity contribution in [2.45, 2.75) is 37.5 Å². The van der Waals surface area contributed by atoms with Gasteiger partial charge in [0, 0.05) is 18.1 Å². The average Bonchev–Trinajstić information content (AvgIpc) is 2.85. The molecule has 0 aliphatic carbocycles. The molecule has 2 rings (SSSR count). The third-order valence-electron chi connectivity index (χ3n) is 3.04. The summed E-state index contributed by atoms with van der Waals surface area (Å²) in [6, 6.07) is 7.88. The number of aromatic nitrogens is 2. The van der Waals surface area contributed by atoms with Crippen molar-refractivity contribution in [3.05, 3.63) is 42.2 Å². The predicted molar refractivity (Wildman–Crippen MR) is 79.0 cm³/mol. The van der Waals surface area contributed by atoms with Gasteiger partial charge in [-0.2, -0.15) is 13.2 Å². The molecule has 0 fully saturated rings. The molecule has 114 valence electrons. The van der Waals surface area contributed by atoms with Crippen LogP contribution in [-0.2, 0) is 0 Å². The summed E-state index contributed by atoms with van der Waals surface area (Å²) in [7, 11) is 0. The van der Waals surface area contributed by atoms with Crippen LogP contribution in [0, 0.1) is 0 Å². The van der Waals surface area contributed by atoms with Crippen LogP contribution in [-0.4, -0.2) is 21.5 Å². The van der Waals surface area contributed by atoms with Gasteiger partial charge in [0.15, 0.2) is 5.16 Å². The molecule has 1 aromatic carbocycles. The second kappa shape index (κ2) is 6.56. The van der Waals surface area contributed by atoms with Crippen LogP contribution < -0.4 is 0 Å². The SMILES string of the molecule is CC(C)c1ccccc1-n1ccnc1SCCC(F)(F)F. The Hall–Kier alpha value is -1.43. The summed E-state index contributed by atoms with van der Waals surface area (Å²) in [5, 5.41) is 0.590. The highest BCUT2D eigenvalue weighted by molar-refractivity contribution is 7.99. The Morgan fingerprint density at radius 1 is 1.24 bits per heavy atom. The van der Waals surface area contributed by atoms with Gasteiger partial charge in [0.1, 0.15) is 0 Å². The summed E-state index contributed by atoms with van der Waals surface area (Å²) < 4.78 is 38.6. The minimum atomic E-state index is -4.12. The molecule has 2 aromatic rings. The smallest absolute Gasteiger partial charge is 0.295 e. The van der Waals surface area contributed by atoms with Gasteiger partial charge in [-0.1, -0.05) is 43.8 Å². The predicted octanol–water partition coefficient (Wildman–Crippen LogP) is 5.04. The van der Waals surface area contributed by atoms with Crippen LogP contribution in [0.15, 0.2) is 41.8 Å². The van der Waals surface area contributed by atoms with E-state index in [0.717, 1.165) is 23.0 Å². The van der Waals surface area contributed by atoms with Crippen molar-refractivity contribution in [1.82, 2.24) is 9.55 Å².